The average molecular weight is 498 g/mol. The average Bonchev–Trinajstić information content (AvgIpc) is 3.61. The standard InChI is InChI=1S/C30H35N5O2/c31-25-8-4-9-27(21-25)33-30(37)35-18-5-10-28(35)23-6-3-7-24(20-23)29(36)32-26-13-11-22(12-14-26)15-19-34-16-1-2-17-34/h3-4,6-9,11-14,20-21,28H,1-2,5,10,15-19,31H2,(H,32,36)(H,33,37)/t28-/m1/s1. The number of urea groups is 1. The lowest BCUT2D eigenvalue weighted by Crippen LogP contribution is -2.34. The van der Waals surface area contributed by atoms with Crippen LogP contribution in [0.15, 0.2) is 72.8 Å². The fourth-order valence-corrected chi connectivity index (χ4v) is 5.31. The Bertz CT molecular complexity index is 1240. The molecule has 3 aromatic rings. The molecule has 0 aromatic heterocycles. The van der Waals surface area contributed by atoms with Crippen LogP contribution in [0.4, 0.5) is 21.9 Å². The maximum absolute atomic E-state index is 13.0. The Morgan fingerprint density at radius 2 is 1.62 bits per heavy atom. The number of amides is 3. The van der Waals surface area contributed by atoms with Gasteiger partial charge in [0.05, 0.1) is 6.04 Å². The number of nitrogen functional groups attached to an aromatic ring is 1. The maximum Gasteiger partial charge on any atom is 0.322 e. The van der Waals surface area contributed by atoms with E-state index in [1.165, 1.54) is 31.5 Å². The highest BCUT2D eigenvalue weighted by Gasteiger charge is 2.30. The van der Waals surface area contributed by atoms with Crippen LogP contribution in [-0.4, -0.2) is 47.9 Å². The molecule has 3 aromatic carbocycles. The van der Waals surface area contributed by atoms with E-state index in [0.29, 0.717) is 23.5 Å². The first-order chi connectivity index (χ1) is 18.0. The normalized spacial score (nSPS) is 17.6. The molecule has 0 unspecified atom stereocenters. The van der Waals surface area contributed by atoms with Gasteiger partial charge in [0.2, 0.25) is 0 Å². The van der Waals surface area contributed by atoms with Crippen molar-refractivity contribution in [1.82, 2.24) is 9.80 Å². The van der Waals surface area contributed by atoms with Gasteiger partial charge < -0.3 is 26.2 Å². The highest BCUT2D eigenvalue weighted by atomic mass is 16.2. The van der Waals surface area contributed by atoms with Crippen molar-refractivity contribution < 1.29 is 9.59 Å². The number of rotatable bonds is 7. The molecule has 192 valence electrons. The third-order valence-corrected chi connectivity index (χ3v) is 7.31. The summed E-state index contributed by atoms with van der Waals surface area (Å²) in [5.41, 5.74) is 10.7. The van der Waals surface area contributed by atoms with Crippen LogP contribution in [0, 0.1) is 0 Å². The second-order valence-electron chi connectivity index (χ2n) is 9.98. The van der Waals surface area contributed by atoms with Gasteiger partial charge in [-0.05, 0) is 98.8 Å². The SMILES string of the molecule is Nc1cccc(NC(=O)N2CCC[C@@H]2c2cccc(C(=O)Nc3ccc(CCN4CCCC4)cc3)c2)c1. The zero-order valence-corrected chi connectivity index (χ0v) is 21.2. The Hall–Kier alpha value is -3.84. The van der Waals surface area contributed by atoms with E-state index in [4.69, 9.17) is 5.73 Å². The van der Waals surface area contributed by atoms with Crippen molar-refractivity contribution in [3.63, 3.8) is 0 Å². The quantitative estimate of drug-likeness (QED) is 0.375. The minimum atomic E-state index is -0.159. The minimum absolute atomic E-state index is 0.0799. The number of nitrogens with two attached hydrogens (primary N) is 1. The van der Waals surface area contributed by atoms with E-state index in [1.54, 1.807) is 12.1 Å². The van der Waals surface area contributed by atoms with E-state index in [0.717, 1.165) is 37.1 Å². The lowest BCUT2D eigenvalue weighted by molar-refractivity contribution is 0.102. The Morgan fingerprint density at radius 1 is 0.838 bits per heavy atom. The van der Waals surface area contributed by atoms with Crippen molar-refractivity contribution >= 4 is 29.0 Å². The van der Waals surface area contributed by atoms with Crippen LogP contribution in [0.1, 0.15) is 53.2 Å². The van der Waals surface area contributed by atoms with Crippen LogP contribution in [0.2, 0.25) is 0 Å². The van der Waals surface area contributed by atoms with Gasteiger partial charge in [0.1, 0.15) is 0 Å². The molecule has 2 heterocycles. The number of nitrogens with one attached hydrogen (secondary N) is 2. The van der Waals surface area contributed by atoms with Crippen LogP contribution in [-0.2, 0) is 6.42 Å². The van der Waals surface area contributed by atoms with Gasteiger partial charge in [0.15, 0.2) is 0 Å². The summed E-state index contributed by atoms with van der Waals surface area (Å²) in [7, 11) is 0. The van der Waals surface area contributed by atoms with Crippen LogP contribution >= 0.6 is 0 Å². The molecule has 0 spiro atoms. The smallest absolute Gasteiger partial charge is 0.322 e. The Balaban J connectivity index is 1.20. The van der Waals surface area contributed by atoms with E-state index in [2.05, 4.69) is 27.7 Å². The monoisotopic (exact) mass is 497 g/mol. The predicted octanol–water partition coefficient (Wildman–Crippen LogP) is 5.53. The molecule has 3 amide bonds. The second-order valence-corrected chi connectivity index (χ2v) is 9.98. The topological polar surface area (TPSA) is 90.7 Å². The maximum atomic E-state index is 13.0. The number of benzene rings is 3. The second kappa shape index (κ2) is 11.5. The van der Waals surface area contributed by atoms with Gasteiger partial charge >= 0.3 is 6.03 Å². The molecule has 7 nitrogen and oxygen atoms in total. The molecular formula is C30H35N5O2. The van der Waals surface area contributed by atoms with Gasteiger partial charge in [-0.1, -0.05) is 30.3 Å². The molecule has 2 saturated heterocycles. The van der Waals surface area contributed by atoms with Gasteiger partial charge in [-0.15, -0.1) is 0 Å². The summed E-state index contributed by atoms with van der Waals surface area (Å²) in [5.74, 6) is -0.152. The molecule has 2 fully saturated rings. The zero-order valence-electron chi connectivity index (χ0n) is 21.2. The number of hydrogen-bond donors (Lipinski definition) is 3. The number of hydrogen-bond acceptors (Lipinski definition) is 4. The summed E-state index contributed by atoms with van der Waals surface area (Å²) in [6.07, 6.45) is 5.41. The molecule has 0 aliphatic carbocycles. The molecule has 1 atom stereocenters. The van der Waals surface area contributed by atoms with Gasteiger partial charge in [-0.25, -0.2) is 4.79 Å². The van der Waals surface area contributed by atoms with Gasteiger partial charge in [0, 0.05) is 35.7 Å². The first kappa shape index (κ1) is 24.8. The number of anilines is 3. The Morgan fingerprint density at radius 3 is 2.41 bits per heavy atom. The molecule has 5 rings (SSSR count). The highest BCUT2D eigenvalue weighted by molar-refractivity contribution is 6.04. The fourth-order valence-electron chi connectivity index (χ4n) is 5.31. The van der Waals surface area contributed by atoms with Gasteiger partial charge in [-0.2, -0.15) is 0 Å². The molecule has 7 heteroatoms. The number of carbonyl (C=O) groups excluding carboxylic acids is 2. The van der Waals surface area contributed by atoms with Crippen molar-refractivity contribution in [3.8, 4) is 0 Å². The number of nitrogens with zero attached hydrogens (tertiary/aromatic N) is 2. The summed E-state index contributed by atoms with van der Waals surface area (Å²) in [6.45, 7) is 4.17. The third kappa shape index (κ3) is 6.30. The molecule has 4 N–H and O–H groups in total. The molecular weight excluding hydrogens is 462 g/mol. The summed E-state index contributed by atoms with van der Waals surface area (Å²) in [4.78, 5) is 30.4. The van der Waals surface area contributed by atoms with E-state index >= 15 is 0 Å². The molecule has 2 aliphatic rings. The van der Waals surface area contributed by atoms with E-state index in [9.17, 15) is 9.59 Å². The third-order valence-electron chi connectivity index (χ3n) is 7.31. The van der Waals surface area contributed by atoms with E-state index in [-0.39, 0.29) is 18.0 Å². The van der Waals surface area contributed by atoms with Crippen LogP contribution in [0.5, 0.6) is 0 Å². The Kier molecular flexibility index (Phi) is 7.70. The van der Waals surface area contributed by atoms with Crippen LogP contribution < -0.4 is 16.4 Å². The highest BCUT2D eigenvalue weighted by Crippen LogP contribution is 2.33. The van der Waals surface area contributed by atoms with Crippen LogP contribution in [0.25, 0.3) is 0 Å². The first-order valence-electron chi connectivity index (χ1n) is 13.2. The lowest BCUT2D eigenvalue weighted by Gasteiger charge is -2.25. The molecule has 2 aliphatic heterocycles. The van der Waals surface area contributed by atoms with Crippen molar-refractivity contribution in [2.24, 2.45) is 0 Å². The summed E-state index contributed by atoms with van der Waals surface area (Å²) in [6, 6.07) is 22.7. The molecule has 0 bridgehead atoms. The molecule has 0 saturated carbocycles. The number of carbonyl (C=O) groups is 2. The van der Waals surface area contributed by atoms with Crippen molar-refractivity contribution in [2.45, 2.75) is 38.1 Å². The minimum Gasteiger partial charge on any atom is -0.399 e. The molecule has 0 radical (unpaired) electrons. The summed E-state index contributed by atoms with van der Waals surface area (Å²) in [5, 5.41) is 5.97. The first-order valence-corrected chi connectivity index (χ1v) is 13.2. The summed E-state index contributed by atoms with van der Waals surface area (Å²) >= 11 is 0. The molecule has 37 heavy (non-hydrogen) atoms. The predicted molar refractivity (Wildman–Crippen MR) is 149 cm³/mol. The Labute approximate surface area is 218 Å². The number of likely N-dealkylation sites (tertiary alicyclic amines) is 2. The van der Waals surface area contributed by atoms with Gasteiger partial charge in [-0.3, -0.25) is 4.79 Å². The lowest BCUT2D eigenvalue weighted by atomic mass is 10.0. The van der Waals surface area contributed by atoms with Gasteiger partial charge in [0.25, 0.3) is 5.91 Å². The van der Waals surface area contributed by atoms with Crippen molar-refractivity contribution in [3.05, 3.63) is 89.5 Å². The van der Waals surface area contributed by atoms with Crippen molar-refractivity contribution in [1.29, 1.82) is 0 Å². The van der Waals surface area contributed by atoms with Crippen molar-refractivity contribution in [2.75, 3.05) is 42.5 Å². The van der Waals surface area contributed by atoms with Crippen LogP contribution in [0.3, 0.4) is 0 Å². The fraction of sp³-hybridized carbons (Fsp3) is 0.333. The largest absolute Gasteiger partial charge is 0.399 e. The summed E-state index contributed by atoms with van der Waals surface area (Å²) < 4.78 is 0. The zero-order chi connectivity index (χ0) is 25.6. The van der Waals surface area contributed by atoms with E-state index < -0.39 is 0 Å². The van der Waals surface area contributed by atoms with E-state index in [1.807, 2.05) is 53.4 Å².